The van der Waals surface area contributed by atoms with Gasteiger partial charge in [0.05, 0.1) is 20.8 Å². The lowest BCUT2D eigenvalue weighted by Gasteiger charge is -1.96. The molecule has 0 aliphatic carbocycles. The van der Waals surface area contributed by atoms with E-state index >= 15 is 0 Å². The highest BCUT2D eigenvalue weighted by Gasteiger charge is 2.26. The summed E-state index contributed by atoms with van der Waals surface area (Å²) in [6.07, 6.45) is 4.93. The molecule has 0 bridgehead atoms. The smallest absolute Gasteiger partial charge is 0.290 e. The number of nitrogen functional groups attached to an aromatic ring is 1. The topological polar surface area (TPSA) is 158 Å². The third-order valence-corrected chi connectivity index (χ3v) is 7.74. The number of nitrogens with one attached hydrogen (secondary N) is 2. The number of anilines is 1. The molecule has 2 aliphatic heterocycles. The molecular weight excluding hydrogens is 588 g/mol. The summed E-state index contributed by atoms with van der Waals surface area (Å²) in [6.45, 7) is 0. The third kappa shape index (κ3) is 6.23. The molecule has 0 radical (unpaired) electrons. The zero-order valence-corrected chi connectivity index (χ0v) is 23.5. The summed E-state index contributed by atoms with van der Waals surface area (Å²) >= 11 is 1.77. The van der Waals surface area contributed by atoms with Crippen LogP contribution >= 0.6 is 23.5 Å². The van der Waals surface area contributed by atoms with Gasteiger partial charge in [-0.2, -0.15) is 0 Å². The van der Waals surface area contributed by atoms with E-state index in [9.17, 15) is 19.2 Å². The molecule has 2 aromatic heterocycles. The number of carbonyl (C=O) groups is 4. The average molecular weight is 607 g/mol. The largest absolute Gasteiger partial charge is 0.463 e. The van der Waals surface area contributed by atoms with Gasteiger partial charge < -0.3 is 14.7 Å². The van der Waals surface area contributed by atoms with Crippen LogP contribution in [0.15, 0.2) is 91.7 Å². The Morgan fingerprint density at radius 2 is 1.35 bits per heavy atom. The lowest BCUT2D eigenvalue weighted by atomic mass is 10.1. The molecule has 5 aromatic rings. The Labute approximate surface area is 251 Å². The number of amides is 4. The van der Waals surface area contributed by atoms with Crippen LogP contribution in [0.5, 0.6) is 0 Å². The molecule has 4 amide bonds. The van der Waals surface area contributed by atoms with Gasteiger partial charge in [0, 0.05) is 10.9 Å². The molecule has 7 rings (SSSR count). The summed E-state index contributed by atoms with van der Waals surface area (Å²) < 4.78 is 10.5. The molecule has 10 nitrogen and oxygen atoms in total. The fourth-order valence-corrected chi connectivity index (χ4v) is 5.47. The summed E-state index contributed by atoms with van der Waals surface area (Å²) in [6, 6.07) is 20.5. The number of benzene rings is 3. The zero-order chi connectivity index (χ0) is 29.9. The first-order valence-electron chi connectivity index (χ1n) is 12.6. The molecule has 43 heavy (non-hydrogen) atoms. The first-order chi connectivity index (χ1) is 20.8. The first kappa shape index (κ1) is 27.6. The first-order valence-corrected chi connectivity index (χ1v) is 14.2. The number of imide groups is 2. The van der Waals surface area contributed by atoms with Crippen LogP contribution in [-0.4, -0.2) is 27.4 Å². The van der Waals surface area contributed by atoms with Crippen LogP contribution in [0.4, 0.5) is 15.4 Å². The molecular formula is C31H18N4O6S2. The molecule has 2 aliphatic rings. The molecule has 0 unspecified atom stereocenters. The molecule has 4 heterocycles. The molecule has 2 fully saturated rings. The quantitative estimate of drug-likeness (QED) is 0.163. The van der Waals surface area contributed by atoms with Crippen molar-refractivity contribution in [2.75, 3.05) is 5.73 Å². The van der Waals surface area contributed by atoms with E-state index in [4.69, 9.17) is 14.7 Å². The van der Waals surface area contributed by atoms with Crippen molar-refractivity contribution in [2.45, 2.75) is 0 Å². The van der Waals surface area contributed by atoms with Gasteiger partial charge in [-0.25, -0.2) is 0 Å². The van der Waals surface area contributed by atoms with Crippen LogP contribution in [0, 0.1) is 11.8 Å². The van der Waals surface area contributed by atoms with E-state index in [0.717, 1.165) is 56.7 Å². The number of furan rings is 1. The Hall–Kier alpha value is -5.51. The Morgan fingerprint density at radius 1 is 0.744 bits per heavy atom. The van der Waals surface area contributed by atoms with Gasteiger partial charge in [-0.15, -0.1) is 0 Å². The van der Waals surface area contributed by atoms with Gasteiger partial charge in [0.15, 0.2) is 11.4 Å². The van der Waals surface area contributed by atoms with E-state index in [2.05, 4.69) is 27.6 Å². The predicted octanol–water partition coefficient (Wildman–Crippen LogP) is 5.89. The van der Waals surface area contributed by atoms with Crippen molar-refractivity contribution in [3.05, 3.63) is 105 Å². The molecule has 0 saturated carbocycles. The number of carbonyl (C=O) groups excluding carboxylic acids is 4. The SMILES string of the molecule is Nc1noc2ccc(C=C3SC(=O)NC3=O)cc12.O=C1NC(=O)C(=Cc2ccc3occ(C#Cc4ccccc4)c3c2)S1. The Kier molecular flexibility index (Phi) is 7.57. The summed E-state index contributed by atoms with van der Waals surface area (Å²) in [4.78, 5) is 46.1. The minimum absolute atomic E-state index is 0.296. The van der Waals surface area contributed by atoms with Gasteiger partial charge >= 0.3 is 0 Å². The zero-order valence-electron chi connectivity index (χ0n) is 21.9. The number of aromatic nitrogens is 1. The van der Waals surface area contributed by atoms with Crippen LogP contribution in [0.2, 0.25) is 0 Å². The highest BCUT2D eigenvalue weighted by molar-refractivity contribution is 8.18. The van der Waals surface area contributed by atoms with Crippen molar-refractivity contribution < 1.29 is 28.1 Å². The molecule has 12 heteroatoms. The van der Waals surface area contributed by atoms with Crippen LogP contribution in [-0.2, 0) is 9.59 Å². The maximum Gasteiger partial charge on any atom is 0.290 e. The van der Waals surface area contributed by atoms with E-state index in [0.29, 0.717) is 26.6 Å². The van der Waals surface area contributed by atoms with Gasteiger partial charge in [-0.1, -0.05) is 47.3 Å². The lowest BCUT2D eigenvalue weighted by molar-refractivity contribution is -0.116. The Bertz CT molecular complexity index is 2080. The second-order valence-electron chi connectivity index (χ2n) is 9.05. The maximum atomic E-state index is 11.7. The fourth-order valence-electron chi connectivity index (χ4n) is 4.10. The summed E-state index contributed by atoms with van der Waals surface area (Å²) in [5.41, 5.74) is 10.2. The third-order valence-electron chi connectivity index (χ3n) is 6.11. The Morgan fingerprint density at radius 3 is 1.95 bits per heavy atom. The van der Waals surface area contributed by atoms with E-state index in [-0.39, 0.29) is 22.3 Å². The molecule has 0 spiro atoms. The predicted molar refractivity (Wildman–Crippen MR) is 165 cm³/mol. The van der Waals surface area contributed by atoms with Crippen LogP contribution < -0.4 is 16.4 Å². The molecule has 3 aromatic carbocycles. The number of hydrogen-bond donors (Lipinski definition) is 3. The van der Waals surface area contributed by atoms with Gasteiger partial charge in [-0.3, -0.25) is 29.8 Å². The minimum atomic E-state index is -0.386. The molecule has 4 N–H and O–H groups in total. The highest BCUT2D eigenvalue weighted by Crippen LogP contribution is 2.29. The summed E-state index contributed by atoms with van der Waals surface area (Å²) in [7, 11) is 0. The highest BCUT2D eigenvalue weighted by atomic mass is 32.2. The molecule has 2 saturated heterocycles. The molecule has 0 atom stereocenters. The normalized spacial score (nSPS) is 16.3. The summed E-state index contributed by atoms with van der Waals surface area (Å²) in [5.74, 6) is 5.77. The van der Waals surface area contributed by atoms with Gasteiger partial charge in [-0.05, 0) is 83.2 Å². The van der Waals surface area contributed by atoms with E-state index in [1.807, 2.05) is 48.5 Å². The Balaban J connectivity index is 0.000000162. The van der Waals surface area contributed by atoms with Crippen molar-refractivity contribution >= 4 is 85.7 Å². The van der Waals surface area contributed by atoms with E-state index in [1.165, 1.54) is 0 Å². The van der Waals surface area contributed by atoms with Crippen molar-refractivity contribution in [3.63, 3.8) is 0 Å². The minimum Gasteiger partial charge on any atom is -0.463 e. The second kappa shape index (κ2) is 11.8. The van der Waals surface area contributed by atoms with Gasteiger partial charge in [0.2, 0.25) is 0 Å². The van der Waals surface area contributed by atoms with Crippen LogP contribution in [0.1, 0.15) is 22.3 Å². The van der Waals surface area contributed by atoms with Gasteiger partial charge in [0.25, 0.3) is 22.3 Å². The number of rotatable bonds is 2. The maximum absolute atomic E-state index is 11.7. The number of nitrogens with two attached hydrogens (primary N) is 1. The number of thioether (sulfide) groups is 2. The van der Waals surface area contributed by atoms with E-state index < -0.39 is 0 Å². The van der Waals surface area contributed by atoms with Crippen LogP contribution in [0.25, 0.3) is 34.1 Å². The van der Waals surface area contributed by atoms with E-state index in [1.54, 1.807) is 36.6 Å². The van der Waals surface area contributed by atoms with Crippen molar-refractivity contribution in [3.8, 4) is 11.8 Å². The average Bonchev–Trinajstić information content (AvgIpc) is 3.75. The standard InChI is InChI=1S/C20H11NO3S.C11H7N3O3S/c22-19-18(25-20(23)21-19)11-14-7-9-17-16(10-14)15(12-24-17)8-6-13-4-2-1-3-5-13;12-9-6-3-5(1-2-7(6)17-14-9)4-8-10(15)13-11(16)18-8/h1-5,7,9-12H,(H,21,22,23);1-4H,(H2,12,14)(H,13,15,16). The molecule has 210 valence electrons. The lowest BCUT2D eigenvalue weighted by Crippen LogP contribution is -2.17. The van der Waals surface area contributed by atoms with Crippen molar-refractivity contribution in [1.82, 2.24) is 15.8 Å². The van der Waals surface area contributed by atoms with Crippen molar-refractivity contribution in [2.24, 2.45) is 0 Å². The summed E-state index contributed by atoms with van der Waals surface area (Å²) in [5, 5.41) is 8.91. The second-order valence-corrected chi connectivity index (χ2v) is 11.1. The fraction of sp³-hybridized carbons (Fsp3) is 0. The number of nitrogens with zero attached hydrogens (tertiary/aromatic N) is 1. The number of hydrogen-bond acceptors (Lipinski definition) is 10. The monoisotopic (exact) mass is 606 g/mol. The van der Waals surface area contributed by atoms with Crippen LogP contribution in [0.3, 0.4) is 0 Å². The number of fused-ring (bicyclic) bond motifs is 2. The van der Waals surface area contributed by atoms with Gasteiger partial charge in [0.1, 0.15) is 11.8 Å². The van der Waals surface area contributed by atoms with Crippen molar-refractivity contribution in [1.29, 1.82) is 0 Å².